The van der Waals surface area contributed by atoms with Crippen LogP contribution in [0.15, 0.2) is 23.0 Å². The fourth-order valence-corrected chi connectivity index (χ4v) is 2.32. The number of fused-ring (bicyclic) bond motifs is 1. The van der Waals surface area contributed by atoms with Gasteiger partial charge in [0.05, 0.1) is 26.1 Å². The number of aryl methyl sites for hydroxylation is 1. The van der Waals surface area contributed by atoms with E-state index in [1.54, 1.807) is 0 Å². The van der Waals surface area contributed by atoms with Crippen molar-refractivity contribution in [1.29, 1.82) is 0 Å². The molecule has 6 heteroatoms. The van der Waals surface area contributed by atoms with Crippen LogP contribution in [0.5, 0.6) is 0 Å². The molecule has 2 N–H and O–H groups in total. The van der Waals surface area contributed by atoms with Crippen LogP contribution in [-0.4, -0.2) is 21.1 Å². The topological polar surface area (TPSA) is 95.0 Å². The number of anilines is 1. The number of hydrogen-bond acceptors (Lipinski definition) is 5. The van der Waals surface area contributed by atoms with Crippen LogP contribution in [0.1, 0.15) is 39.3 Å². The highest BCUT2D eigenvalue weighted by atomic mass is 16.2. The number of nitrogens with zero attached hydrogens (tertiary/aromatic N) is 2. The van der Waals surface area contributed by atoms with Gasteiger partial charge in [-0.25, -0.2) is 4.98 Å². The number of benzene rings is 1. The van der Waals surface area contributed by atoms with E-state index in [0.29, 0.717) is 4.57 Å². The maximum absolute atomic E-state index is 13.1. The first-order valence-corrected chi connectivity index (χ1v) is 6.19. The van der Waals surface area contributed by atoms with E-state index in [1.807, 2.05) is 0 Å². The number of nitrogens with two attached hydrogens (primary N) is 1. The van der Waals surface area contributed by atoms with Crippen LogP contribution in [0.3, 0.4) is 0 Å². The molecule has 2 unspecified atom stereocenters. The lowest BCUT2D eigenvalue weighted by Crippen LogP contribution is -2.36. The molecule has 0 radical (unpaired) electrons. The van der Waals surface area contributed by atoms with Gasteiger partial charge in [-0.1, -0.05) is 6.07 Å². The molecule has 0 aliphatic heterocycles. The van der Waals surface area contributed by atoms with E-state index < -0.39 is 55.1 Å². The van der Waals surface area contributed by atoms with Gasteiger partial charge in [-0.3, -0.25) is 19.0 Å². The van der Waals surface area contributed by atoms with E-state index in [9.17, 15) is 14.4 Å². The van der Waals surface area contributed by atoms with Crippen molar-refractivity contribution >= 4 is 28.2 Å². The number of carbonyl (C=O) groups excluding carboxylic acids is 2. The Labute approximate surface area is 129 Å². The van der Waals surface area contributed by atoms with Gasteiger partial charge in [-0.05, 0) is 25.4 Å². The van der Waals surface area contributed by atoms with Gasteiger partial charge in [0.2, 0.25) is 0 Å². The molecule has 3 rings (SSSR count). The Morgan fingerprint density at radius 1 is 1.57 bits per heavy atom. The lowest BCUT2D eigenvalue weighted by atomic mass is 9.92. The van der Waals surface area contributed by atoms with Gasteiger partial charge in [-0.2, -0.15) is 0 Å². The smallest absolute Gasteiger partial charge is 0.264 e. The standard InChI is InChI=1S/C15H15N3O3/c1-8-17-11-4-2-3-10(16)14(11)15(21)18(8)12-6-5-9(19)7-13(12)20/h2-4,12H,5-7,16H2,1H3/i1D3,3D,5D,12D. The highest BCUT2D eigenvalue weighted by Gasteiger charge is 2.30. The normalized spacial score (nSPS) is 31.0. The summed E-state index contributed by atoms with van der Waals surface area (Å²) in [5.41, 5.74) is 4.37. The summed E-state index contributed by atoms with van der Waals surface area (Å²) >= 11 is 0. The average molecular weight is 291 g/mol. The molecule has 1 fully saturated rings. The van der Waals surface area contributed by atoms with Crippen LogP contribution in [0.4, 0.5) is 5.69 Å². The first-order valence-electron chi connectivity index (χ1n) is 9.26. The molecule has 1 heterocycles. The summed E-state index contributed by atoms with van der Waals surface area (Å²) in [5, 5.41) is -0.284. The third-order valence-electron chi connectivity index (χ3n) is 3.31. The molecular formula is C15H15N3O3. The molecule has 1 aliphatic rings. The number of hydrogen-bond donors (Lipinski definition) is 1. The molecule has 108 valence electrons. The molecule has 0 saturated heterocycles. The van der Waals surface area contributed by atoms with Gasteiger partial charge in [-0.15, -0.1) is 0 Å². The predicted molar refractivity (Wildman–Crippen MR) is 78.1 cm³/mol. The minimum absolute atomic E-state index is 0.0822. The van der Waals surface area contributed by atoms with E-state index in [0.717, 1.165) is 0 Å². The van der Waals surface area contributed by atoms with E-state index >= 15 is 0 Å². The molecule has 1 saturated carbocycles. The van der Waals surface area contributed by atoms with Gasteiger partial charge in [0.25, 0.3) is 5.56 Å². The van der Waals surface area contributed by atoms with Crippen molar-refractivity contribution in [3.05, 3.63) is 34.4 Å². The van der Waals surface area contributed by atoms with Gasteiger partial charge in [0.1, 0.15) is 11.6 Å². The summed E-state index contributed by atoms with van der Waals surface area (Å²) in [5.74, 6) is -2.50. The Balaban J connectivity index is 2.45. The van der Waals surface area contributed by atoms with Crippen molar-refractivity contribution in [3.8, 4) is 0 Å². The van der Waals surface area contributed by atoms with Gasteiger partial charge in [0, 0.05) is 17.6 Å². The van der Waals surface area contributed by atoms with Crippen LogP contribution in [0.25, 0.3) is 10.9 Å². The maximum atomic E-state index is 13.1. The number of nitrogen functional groups attached to an aromatic ring is 1. The number of Topliss-reactive ketones (excluding diaryl/α,β-unsaturated/α-hetero) is 2. The number of carbonyl (C=O) groups is 2. The average Bonchev–Trinajstić information content (AvgIpc) is 2.55. The molecule has 1 aromatic carbocycles. The second-order valence-corrected chi connectivity index (χ2v) is 4.65. The molecule has 6 nitrogen and oxygen atoms in total. The monoisotopic (exact) mass is 291 g/mol. The summed E-state index contributed by atoms with van der Waals surface area (Å²) < 4.78 is 47.4. The van der Waals surface area contributed by atoms with Gasteiger partial charge < -0.3 is 5.73 Å². The van der Waals surface area contributed by atoms with Crippen molar-refractivity contribution in [3.63, 3.8) is 0 Å². The molecule has 0 spiro atoms. The van der Waals surface area contributed by atoms with Crippen LogP contribution in [0, 0.1) is 6.85 Å². The summed E-state index contributed by atoms with van der Waals surface area (Å²) in [4.78, 5) is 41.1. The molecule has 2 aromatic rings. The lowest BCUT2D eigenvalue weighted by molar-refractivity contribution is -0.132. The molecule has 1 aliphatic carbocycles. The van der Waals surface area contributed by atoms with Crippen LogP contribution < -0.4 is 11.3 Å². The zero-order chi connectivity index (χ0) is 20.3. The Bertz CT molecular complexity index is 1050. The molecule has 2 atom stereocenters. The van der Waals surface area contributed by atoms with Crippen molar-refractivity contribution in [2.45, 2.75) is 32.1 Å². The zero-order valence-corrected chi connectivity index (χ0v) is 10.8. The Kier molecular flexibility index (Phi) is 1.84. The van der Waals surface area contributed by atoms with Crippen LogP contribution in [0.2, 0.25) is 0 Å². The minimum Gasteiger partial charge on any atom is -0.398 e. The first-order chi connectivity index (χ1) is 12.4. The Morgan fingerprint density at radius 2 is 2.38 bits per heavy atom. The van der Waals surface area contributed by atoms with Crippen molar-refractivity contribution < 1.29 is 17.8 Å². The largest absolute Gasteiger partial charge is 0.398 e. The SMILES string of the molecule is [2H]c1ccc2nc(C([2H])([2H])[2H])n(C3([2H])CC([2H])C(=O)CC3=O)c(=O)c2c1N. The summed E-state index contributed by atoms with van der Waals surface area (Å²) in [7, 11) is 0. The highest BCUT2D eigenvalue weighted by molar-refractivity contribution is 6.03. The van der Waals surface area contributed by atoms with Gasteiger partial charge in [0.15, 0.2) is 5.78 Å². The zero-order valence-electron chi connectivity index (χ0n) is 16.8. The summed E-state index contributed by atoms with van der Waals surface area (Å²) in [6.45, 7) is -2.95. The molecule has 1 aromatic heterocycles. The van der Waals surface area contributed by atoms with E-state index in [2.05, 4.69) is 4.98 Å². The number of aromatic nitrogens is 2. The van der Waals surface area contributed by atoms with E-state index in [4.69, 9.17) is 14.0 Å². The van der Waals surface area contributed by atoms with Crippen molar-refractivity contribution in [1.82, 2.24) is 9.55 Å². The first kappa shape index (κ1) is 8.07. The second-order valence-electron chi connectivity index (χ2n) is 4.65. The maximum Gasteiger partial charge on any atom is 0.264 e. The fraction of sp³-hybridized carbons (Fsp3) is 0.333. The lowest BCUT2D eigenvalue weighted by Gasteiger charge is -2.24. The highest BCUT2D eigenvalue weighted by Crippen LogP contribution is 2.24. The fourth-order valence-electron chi connectivity index (χ4n) is 2.32. The van der Waals surface area contributed by atoms with Gasteiger partial charge >= 0.3 is 0 Å². The Hall–Kier alpha value is -2.50. The molecule has 0 amide bonds. The van der Waals surface area contributed by atoms with Crippen LogP contribution in [-0.2, 0) is 9.59 Å². The van der Waals surface area contributed by atoms with Crippen molar-refractivity contribution in [2.75, 3.05) is 5.73 Å². The van der Waals surface area contributed by atoms with Crippen molar-refractivity contribution in [2.24, 2.45) is 0 Å². The predicted octanol–water partition coefficient (Wildman–Crippen LogP) is 1.15. The second kappa shape index (κ2) is 4.80. The summed E-state index contributed by atoms with van der Waals surface area (Å²) in [6.07, 6.45) is -2.88. The van der Waals surface area contributed by atoms with Crippen LogP contribution >= 0.6 is 0 Å². The minimum atomic E-state index is -2.95. The summed E-state index contributed by atoms with van der Waals surface area (Å²) in [6, 6.07) is -0.173. The third kappa shape index (κ3) is 2.12. The van der Waals surface area contributed by atoms with E-state index in [1.165, 1.54) is 12.1 Å². The molecule has 21 heavy (non-hydrogen) atoms. The molecule has 0 bridgehead atoms. The molecular weight excluding hydrogens is 270 g/mol. The Morgan fingerprint density at radius 3 is 3.14 bits per heavy atom. The quantitative estimate of drug-likeness (QED) is 0.628. The number of ketones is 2. The third-order valence-corrected chi connectivity index (χ3v) is 3.31. The number of rotatable bonds is 1. The van der Waals surface area contributed by atoms with E-state index in [-0.39, 0.29) is 22.6 Å².